The maximum absolute atomic E-state index is 2.41. The van der Waals surface area contributed by atoms with Crippen molar-refractivity contribution in [2.24, 2.45) is 0 Å². The first-order chi connectivity index (χ1) is 68.2. The first kappa shape index (κ1) is 87.0. The number of anilines is 18. The first-order valence-corrected chi connectivity index (χ1v) is 48.2. The van der Waals surface area contributed by atoms with Gasteiger partial charge in [-0.1, -0.05) is 363 Å². The van der Waals surface area contributed by atoms with Crippen molar-refractivity contribution in [3.63, 3.8) is 0 Å². The van der Waals surface area contributed by atoms with E-state index in [-0.39, 0.29) is 16.2 Å². The highest BCUT2D eigenvalue weighted by atomic mass is 15.2. The van der Waals surface area contributed by atoms with E-state index in [2.05, 4.69) is 605 Å². The van der Waals surface area contributed by atoms with E-state index >= 15 is 0 Å². The van der Waals surface area contributed by atoms with Gasteiger partial charge in [0, 0.05) is 118 Å². The maximum Gasteiger partial charge on any atom is 0.0540 e. The van der Waals surface area contributed by atoms with Gasteiger partial charge in [0.25, 0.3) is 0 Å². The Bertz CT molecular complexity index is 7660. The molecule has 0 atom stereocenters. The summed E-state index contributed by atoms with van der Waals surface area (Å²) in [6.07, 6.45) is 0. The van der Waals surface area contributed by atoms with Crippen LogP contribution in [0.2, 0.25) is 0 Å². The summed E-state index contributed by atoms with van der Waals surface area (Å²) in [7, 11) is 0. The molecule has 0 saturated heterocycles. The minimum Gasteiger partial charge on any atom is -0.310 e. The summed E-state index contributed by atoms with van der Waals surface area (Å²) >= 11 is 0. The highest BCUT2D eigenvalue weighted by molar-refractivity contribution is 6.01. The highest BCUT2D eigenvalue weighted by Gasteiger charge is 2.41. The van der Waals surface area contributed by atoms with Gasteiger partial charge in [0.2, 0.25) is 0 Å². The predicted molar refractivity (Wildman–Crippen MR) is 588 cm³/mol. The van der Waals surface area contributed by atoms with E-state index in [9.17, 15) is 0 Å². The van der Waals surface area contributed by atoms with E-state index in [1.165, 1.54) is 105 Å². The van der Waals surface area contributed by atoms with Crippen LogP contribution in [0.25, 0.3) is 66.4 Å². The fourth-order valence-electron chi connectivity index (χ4n) is 21.1. The van der Waals surface area contributed by atoms with Gasteiger partial charge in [-0.3, -0.25) is 0 Å². The molecule has 24 rings (SSSR count). The molecule has 0 aromatic heterocycles. The van der Waals surface area contributed by atoms with Crippen LogP contribution in [0.1, 0.15) is 74.9 Å². The van der Waals surface area contributed by atoms with Gasteiger partial charge < -0.3 is 29.4 Å². The van der Waals surface area contributed by atoms with Crippen molar-refractivity contribution >= 4 is 113 Å². The minimum atomic E-state index is -0.218. The standard InChI is InChI=1S/C51H40N2.C43H34N2.C39H32N2/c1-51(2)49-35-45(52(41-21-11-5-12-22-41)43-28-26-39(27-29-43)37-16-7-3-8-17-37)30-32-47(49)48-33-31-46(36-50(48)51)53(42-23-13-6-14-24-42)44-25-15-20-40(34-44)38-18-9-4-10-19-38;1-43(2)40-29-35(44(32-17-6-3-7-18-32)33-19-8-4-9-20-33)25-27-38(40)39-28-26-36(30-41(39)43)45(34-21-10-5-11-22-34)42-24-14-16-31-15-12-13-23-37(31)42;1-39(2)37-27-33(40(29-15-7-3-8-16-29)30-17-9-4-10-18-30)23-25-35(37)36-26-24-34(28-38(36)39)41(31-19-11-5-12-20-31)32-21-13-6-14-22-32/h3-36H,1-2H3;3-30H,1-2H3;3-28H,1-2H3. The van der Waals surface area contributed by atoms with Crippen LogP contribution >= 0.6 is 0 Å². The molecule has 3 aliphatic carbocycles. The average molecular weight is 1790 g/mol. The van der Waals surface area contributed by atoms with E-state index in [0.717, 1.165) is 96.7 Å². The number of hydrogen-bond acceptors (Lipinski definition) is 6. The second-order valence-electron chi connectivity index (χ2n) is 37.6. The molecular formula is C133H106N6. The third-order valence-electron chi connectivity index (χ3n) is 28.1. The molecule has 0 heterocycles. The van der Waals surface area contributed by atoms with E-state index in [1.807, 2.05) is 0 Å². The number of para-hydroxylation sites is 9. The second kappa shape index (κ2) is 37.5. The molecule has 0 bridgehead atoms. The first-order valence-electron chi connectivity index (χ1n) is 48.2. The Balaban J connectivity index is 0.000000121. The predicted octanol–water partition coefficient (Wildman–Crippen LogP) is 37.3. The molecule has 0 fully saturated rings. The van der Waals surface area contributed by atoms with E-state index in [1.54, 1.807) is 0 Å². The topological polar surface area (TPSA) is 19.4 Å². The van der Waals surface area contributed by atoms with Crippen LogP contribution in [-0.2, 0) is 16.2 Å². The molecule has 6 heteroatoms. The van der Waals surface area contributed by atoms with Crippen LogP contribution in [0.15, 0.2) is 534 Å². The van der Waals surface area contributed by atoms with Gasteiger partial charge in [0.05, 0.1) is 5.69 Å². The molecule has 668 valence electrons. The van der Waals surface area contributed by atoms with Crippen molar-refractivity contribution in [1.82, 2.24) is 0 Å². The quantitative estimate of drug-likeness (QED) is 0.0752. The number of hydrogen-bond donors (Lipinski definition) is 0. The molecule has 6 nitrogen and oxygen atoms in total. The van der Waals surface area contributed by atoms with Crippen molar-refractivity contribution in [2.75, 3.05) is 29.4 Å². The molecule has 0 unspecified atom stereocenters. The van der Waals surface area contributed by atoms with E-state index in [4.69, 9.17) is 0 Å². The fourth-order valence-corrected chi connectivity index (χ4v) is 21.1. The minimum absolute atomic E-state index is 0.158. The van der Waals surface area contributed by atoms with Crippen molar-refractivity contribution < 1.29 is 0 Å². The summed E-state index contributed by atoms with van der Waals surface area (Å²) in [5.74, 6) is 0. The lowest BCUT2D eigenvalue weighted by atomic mass is 9.82. The van der Waals surface area contributed by atoms with Crippen LogP contribution < -0.4 is 29.4 Å². The molecule has 21 aromatic rings. The normalized spacial score (nSPS) is 12.7. The Morgan fingerprint density at radius 3 is 0.597 bits per heavy atom. The Labute approximate surface area is 817 Å². The highest BCUT2D eigenvalue weighted by Crippen LogP contribution is 2.58. The van der Waals surface area contributed by atoms with Gasteiger partial charge in [-0.05, 0) is 307 Å². The smallest absolute Gasteiger partial charge is 0.0540 e. The van der Waals surface area contributed by atoms with Gasteiger partial charge in [-0.25, -0.2) is 0 Å². The zero-order valence-electron chi connectivity index (χ0n) is 79.0. The summed E-state index contributed by atoms with van der Waals surface area (Å²) < 4.78 is 0. The third kappa shape index (κ3) is 16.8. The average Bonchev–Trinajstić information content (AvgIpc) is 1.76. The zero-order valence-corrected chi connectivity index (χ0v) is 79.0. The summed E-state index contributed by atoms with van der Waals surface area (Å²) in [6.45, 7) is 14.2. The largest absolute Gasteiger partial charge is 0.310 e. The third-order valence-corrected chi connectivity index (χ3v) is 28.1. The SMILES string of the molecule is CC1(C)c2cc(N(c3ccccc3)c3ccc(-c4ccccc4)cc3)ccc2-c2ccc(N(c3ccccc3)c3cccc(-c4ccccc4)c3)cc21.CC1(C)c2cc(N(c3ccccc3)c3ccccc3)ccc2-c2ccc(N(c3ccccc3)c3cccc4ccccc34)cc21.CC1(C)c2cc(N(c3ccccc3)c3ccccc3)ccc2-c2ccc(N(c3ccccc3)c3ccccc3)cc21. The number of rotatable bonds is 20. The number of nitrogens with zero attached hydrogens (tertiary/aromatic N) is 6. The Hall–Kier alpha value is -17.3. The molecule has 139 heavy (non-hydrogen) atoms. The van der Waals surface area contributed by atoms with Gasteiger partial charge in [-0.2, -0.15) is 0 Å². The summed E-state index contributed by atoms with van der Waals surface area (Å²) in [5, 5.41) is 2.47. The second-order valence-corrected chi connectivity index (χ2v) is 37.6. The van der Waals surface area contributed by atoms with Crippen molar-refractivity contribution in [3.05, 3.63) is 567 Å². The lowest BCUT2D eigenvalue weighted by Gasteiger charge is -2.29. The molecule has 0 spiro atoms. The molecule has 0 radical (unpaired) electrons. The van der Waals surface area contributed by atoms with Crippen LogP contribution in [-0.4, -0.2) is 0 Å². The Morgan fingerprint density at radius 2 is 0.309 bits per heavy atom. The van der Waals surface area contributed by atoms with Crippen LogP contribution in [0.5, 0.6) is 0 Å². The monoisotopic (exact) mass is 1790 g/mol. The van der Waals surface area contributed by atoms with E-state index in [0.29, 0.717) is 0 Å². The summed E-state index contributed by atoms with van der Waals surface area (Å²) in [4.78, 5) is 14.2. The van der Waals surface area contributed by atoms with Gasteiger partial charge in [-0.15, -0.1) is 0 Å². The van der Waals surface area contributed by atoms with Gasteiger partial charge in [0.1, 0.15) is 0 Å². The van der Waals surface area contributed by atoms with E-state index < -0.39 is 0 Å². The van der Waals surface area contributed by atoms with Crippen LogP contribution in [0.3, 0.4) is 0 Å². The zero-order chi connectivity index (χ0) is 94.0. The lowest BCUT2D eigenvalue weighted by molar-refractivity contribution is 0.660. The van der Waals surface area contributed by atoms with Gasteiger partial charge >= 0.3 is 0 Å². The molecule has 0 saturated carbocycles. The number of benzene rings is 21. The molecule has 0 N–H and O–H groups in total. The van der Waals surface area contributed by atoms with Crippen LogP contribution in [0, 0.1) is 0 Å². The molecule has 0 aliphatic heterocycles. The summed E-state index contributed by atoms with van der Waals surface area (Å²) in [5.41, 5.74) is 40.8. The molecular weight excluding hydrogens is 1680 g/mol. The molecule has 0 amide bonds. The van der Waals surface area contributed by atoms with Gasteiger partial charge in [0.15, 0.2) is 0 Å². The molecule has 3 aliphatic rings. The Kier molecular flexibility index (Phi) is 23.5. The van der Waals surface area contributed by atoms with Crippen LogP contribution in [0.4, 0.5) is 102 Å². The van der Waals surface area contributed by atoms with Crippen molar-refractivity contribution in [2.45, 2.75) is 57.8 Å². The maximum atomic E-state index is 2.41. The fraction of sp³-hybridized carbons (Fsp3) is 0.0677. The summed E-state index contributed by atoms with van der Waals surface area (Å²) in [6, 6.07) is 192. The molecule has 21 aromatic carbocycles. The number of fused-ring (bicyclic) bond motifs is 10. The Morgan fingerprint density at radius 1 is 0.129 bits per heavy atom. The van der Waals surface area contributed by atoms with Crippen molar-refractivity contribution in [1.29, 1.82) is 0 Å². The van der Waals surface area contributed by atoms with Crippen molar-refractivity contribution in [3.8, 4) is 55.6 Å². The lowest BCUT2D eigenvalue weighted by Crippen LogP contribution is -2.17.